The SMILES string of the molecule is COc1cc(C2C(C(=O)c3sc(C)nc3C)=C(O)C(=O)N2Cc2ccco2)cc(Br)c1O. The summed E-state index contributed by atoms with van der Waals surface area (Å²) >= 11 is 4.49. The zero-order valence-corrected chi connectivity index (χ0v) is 19.8. The molecule has 2 aromatic heterocycles. The van der Waals surface area contributed by atoms with Gasteiger partial charge in [0.2, 0.25) is 5.78 Å². The predicted molar refractivity (Wildman–Crippen MR) is 120 cm³/mol. The number of hydrogen-bond acceptors (Lipinski definition) is 8. The van der Waals surface area contributed by atoms with Crippen LogP contribution in [0.2, 0.25) is 0 Å². The summed E-state index contributed by atoms with van der Waals surface area (Å²) in [5.41, 5.74) is 0.934. The van der Waals surface area contributed by atoms with Crippen molar-refractivity contribution in [2.75, 3.05) is 7.11 Å². The third-order valence-corrected chi connectivity index (χ3v) is 6.83. The lowest BCUT2D eigenvalue weighted by molar-refractivity contribution is -0.130. The van der Waals surface area contributed by atoms with E-state index in [0.29, 0.717) is 31.4 Å². The Bertz CT molecular complexity index is 1250. The van der Waals surface area contributed by atoms with Crippen molar-refractivity contribution in [2.24, 2.45) is 0 Å². The highest BCUT2D eigenvalue weighted by molar-refractivity contribution is 9.10. The second-order valence-electron chi connectivity index (χ2n) is 7.21. The molecule has 1 atom stereocenters. The van der Waals surface area contributed by atoms with Crippen molar-refractivity contribution in [1.82, 2.24) is 9.88 Å². The van der Waals surface area contributed by atoms with E-state index in [-0.39, 0.29) is 23.6 Å². The molecule has 0 fully saturated rings. The van der Waals surface area contributed by atoms with Crippen LogP contribution in [0.5, 0.6) is 11.5 Å². The van der Waals surface area contributed by atoms with Gasteiger partial charge in [0.1, 0.15) is 5.76 Å². The highest BCUT2D eigenvalue weighted by Crippen LogP contribution is 2.45. The maximum absolute atomic E-state index is 13.5. The topological polar surface area (TPSA) is 113 Å². The summed E-state index contributed by atoms with van der Waals surface area (Å²) in [7, 11) is 1.40. The molecule has 0 saturated heterocycles. The molecule has 3 aromatic rings. The number of methoxy groups -OCH3 is 1. The van der Waals surface area contributed by atoms with E-state index < -0.39 is 23.5 Å². The van der Waals surface area contributed by atoms with E-state index in [0.717, 1.165) is 0 Å². The molecule has 1 unspecified atom stereocenters. The first-order valence-corrected chi connectivity index (χ1v) is 11.2. The molecule has 8 nitrogen and oxygen atoms in total. The molecule has 4 rings (SSSR count). The monoisotopic (exact) mass is 518 g/mol. The maximum atomic E-state index is 13.5. The molecule has 0 radical (unpaired) electrons. The van der Waals surface area contributed by atoms with Gasteiger partial charge in [-0.25, -0.2) is 4.98 Å². The van der Waals surface area contributed by atoms with Crippen LogP contribution < -0.4 is 4.74 Å². The van der Waals surface area contributed by atoms with E-state index in [2.05, 4.69) is 20.9 Å². The molecule has 1 aliphatic heterocycles. The van der Waals surface area contributed by atoms with Gasteiger partial charge in [0, 0.05) is 0 Å². The number of furan rings is 1. The Morgan fingerprint density at radius 2 is 2.09 bits per heavy atom. The molecule has 32 heavy (non-hydrogen) atoms. The van der Waals surface area contributed by atoms with Crippen molar-refractivity contribution < 1.29 is 29.0 Å². The number of hydrogen-bond donors (Lipinski definition) is 2. The number of amides is 1. The predicted octanol–water partition coefficient (Wildman–Crippen LogP) is 4.61. The van der Waals surface area contributed by atoms with Crippen molar-refractivity contribution >= 4 is 39.0 Å². The number of benzene rings is 1. The van der Waals surface area contributed by atoms with Crippen LogP contribution in [0, 0.1) is 13.8 Å². The Morgan fingerprint density at radius 3 is 2.69 bits per heavy atom. The van der Waals surface area contributed by atoms with E-state index in [1.807, 2.05) is 0 Å². The third kappa shape index (κ3) is 3.69. The van der Waals surface area contributed by atoms with Crippen molar-refractivity contribution in [3.8, 4) is 11.5 Å². The van der Waals surface area contributed by atoms with Crippen LogP contribution >= 0.6 is 27.3 Å². The average Bonchev–Trinajstić information content (AvgIpc) is 3.45. The van der Waals surface area contributed by atoms with Gasteiger partial charge in [0.15, 0.2) is 17.3 Å². The number of aromatic hydroxyl groups is 1. The molecule has 3 heterocycles. The van der Waals surface area contributed by atoms with Crippen LogP contribution in [0.15, 0.2) is 50.8 Å². The largest absolute Gasteiger partial charge is 0.503 e. The van der Waals surface area contributed by atoms with Gasteiger partial charge >= 0.3 is 0 Å². The fourth-order valence-electron chi connectivity index (χ4n) is 3.74. The van der Waals surface area contributed by atoms with Crippen molar-refractivity contribution in [1.29, 1.82) is 0 Å². The Labute approximate surface area is 195 Å². The Morgan fingerprint density at radius 1 is 1.34 bits per heavy atom. The van der Waals surface area contributed by atoms with Gasteiger partial charge in [-0.3, -0.25) is 9.59 Å². The number of ketones is 1. The van der Waals surface area contributed by atoms with Gasteiger partial charge in [-0.15, -0.1) is 11.3 Å². The van der Waals surface area contributed by atoms with Crippen LogP contribution in [-0.4, -0.2) is 38.9 Å². The minimum atomic E-state index is -0.937. The molecule has 10 heteroatoms. The molecule has 1 aliphatic rings. The van der Waals surface area contributed by atoms with Crippen LogP contribution in [-0.2, 0) is 11.3 Å². The van der Waals surface area contributed by atoms with E-state index in [9.17, 15) is 19.8 Å². The Hall–Kier alpha value is -3.11. The fraction of sp³-hybridized carbons (Fsp3) is 0.227. The molecule has 0 saturated carbocycles. The normalized spacial score (nSPS) is 16.2. The first kappa shape index (κ1) is 22.1. The van der Waals surface area contributed by atoms with Gasteiger partial charge in [-0.05, 0) is 59.6 Å². The van der Waals surface area contributed by atoms with E-state index >= 15 is 0 Å². The molecule has 1 amide bonds. The number of aliphatic hydroxyl groups excluding tert-OH is 1. The number of phenolic OH excluding ortho intramolecular Hbond substituents is 1. The van der Waals surface area contributed by atoms with E-state index in [1.54, 1.807) is 32.0 Å². The Kier molecular flexibility index (Phi) is 5.83. The first-order chi connectivity index (χ1) is 15.2. The summed E-state index contributed by atoms with van der Waals surface area (Å²) in [6, 6.07) is 5.57. The number of aryl methyl sites for hydroxylation is 2. The van der Waals surface area contributed by atoms with Crippen LogP contribution in [0.25, 0.3) is 0 Å². The van der Waals surface area contributed by atoms with Crippen molar-refractivity contribution in [3.63, 3.8) is 0 Å². The standard InChI is InChI=1S/C22H19BrN2O6S/c1-10-21(32-11(2)24-10)19(27)16-17(12-7-14(23)18(26)15(8-12)30-3)25(22(29)20(16)28)9-13-5-4-6-31-13/h4-8,17,26,28H,9H2,1-3H3. The highest BCUT2D eigenvalue weighted by Gasteiger charge is 2.45. The number of halogens is 1. The number of nitrogens with zero attached hydrogens (tertiary/aromatic N) is 2. The molecule has 0 spiro atoms. The summed E-state index contributed by atoms with van der Waals surface area (Å²) in [5.74, 6) is -1.28. The summed E-state index contributed by atoms with van der Waals surface area (Å²) in [6.07, 6.45) is 1.48. The van der Waals surface area contributed by atoms with Crippen molar-refractivity contribution in [2.45, 2.75) is 26.4 Å². The minimum Gasteiger partial charge on any atom is -0.503 e. The van der Waals surface area contributed by atoms with Gasteiger partial charge in [-0.1, -0.05) is 0 Å². The molecule has 2 N–H and O–H groups in total. The molecular formula is C22H19BrN2O6S. The molecule has 0 aliphatic carbocycles. The molecular weight excluding hydrogens is 500 g/mol. The minimum absolute atomic E-state index is 0.0266. The number of phenols is 1. The quantitative estimate of drug-likeness (QED) is 0.458. The van der Waals surface area contributed by atoms with Gasteiger partial charge in [0.25, 0.3) is 5.91 Å². The summed E-state index contributed by atoms with van der Waals surface area (Å²) in [5, 5.41) is 21.7. The lowest BCUT2D eigenvalue weighted by Gasteiger charge is -2.26. The third-order valence-electron chi connectivity index (χ3n) is 5.15. The zero-order valence-electron chi connectivity index (χ0n) is 17.4. The number of Topliss-reactive ketones (excluding diaryl/α,β-unsaturated/α-hetero) is 1. The molecule has 166 valence electrons. The van der Waals surface area contributed by atoms with Gasteiger partial charge < -0.3 is 24.3 Å². The second-order valence-corrected chi connectivity index (χ2v) is 9.26. The number of carbonyl (C=O) groups is 2. The number of thiazole rings is 1. The second kappa shape index (κ2) is 8.44. The number of aromatic nitrogens is 1. The van der Waals surface area contributed by atoms with Crippen LogP contribution in [0.3, 0.4) is 0 Å². The maximum Gasteiger partial charge on any atom is 0.290 e. The summed E-state index contributed by atoms with van der Waals surface area (Å²) in [6.45, 7) is 3.52. The van der Waals surface area contributed by atoms with Gasteiger partial charge in [0.05, 0.1) is 51.6 Å². The molecule has 1 aromatic carbocycles. The molecule has 0 bridgehead atoms. The number of aliphatic hydroxyl groups is 1. The average molecular weight is 519 g/mol. The van der Waals surface area contributed by atoms with E-state index in [1.165, 1.54) is 35.7 Å². The summed E-state index contributed by atoms with van der Waals surface area (Å²) < 4.78 is 11.0. The zero-order chi connectivity index (χ0) is 23.2. The van der Waals surface area contributed by atoms with Gasteiger partial charge in [-0.2, -0.15) is 0 Å². The lowest BCUT2D eigenvalue weighted by Crippen LogP contribution is -2.30. The van der Waals surface area contributed by atoms with E-state index in [4.69, 9.17) is 9.15 Å². The Balaban J connectivity index is 1.88. The van der Waals surface area contributed by atoms with Crippen LogP contribution in [0.4, 0.5) is 0 Å². The van der Waals surface area contributed by atoms with Crippen LogP contribution in [0.1, 0.15) is 37.7 Å². The smallest absolute Gasteiger partial charge is 0.290 e. The fourth-order valence-corrected chi connectivity index (χ4v) is 5.07. The number of carbonyl (C=O) groups excluding carboxylic acids is 2. The number of ether oxygens (including phenoxy) is 1. The first-order valence-electron chi connectivity index (χ1n) is 9.54. The summed E-state index contributed by atoms with van der Waals surface area (Å²) in [4.78, 5) is 32.6. The highest BCUT2D eigenvalue weighted by atomic mass is 79.9. The lowest BCUT2D eigenvalue weighted by atomic mass is 9.94. The van der Waals surface area contributed by atoms with Crippen molar-refractivity contribution in [3.05, 3.63) is 73.2 Å². The number of rotatable bonds is 6.